The molecule has 122 valence electrons. The fraction of sp³-hybridized carbons (Fsp3) is 0.0625. The molecule has 0 bridgehead atoms. The number of hydrogen-bond acceptors (Lipinski definition) is 5. The zero-order valence-corrected chi connectivity index (χ0v) is 14.5. The summed E-state index contributed by atoms with van der Waals surface area (Å²) in [5.74, 6) is -1.89. The summed E-state index contributed by atoms with van der Waals surface area (Å²) in [4.78, 5) is 24.3. The third-order valence-electron chi connectivity index (χ3n) is 2.77. The molecule has 0 saturated heterocycles. The first kappa shape index (κ1) is 18.0. The van der Waals surface area contributed by atoms with Crippen LogP contribution in [0.3, 0.4) is 0 Å². The maximum absolute atomic E-state index is 13.0. The van der Waals surface area contributed by atoms with Crippen LogP contribution < -0.4 is 5.32 Å². The fourth-order valence-corrected chi connectivity index (χ4v) is 2.78. The van der Waals surface area contributed by atoms with E-state index in [1.54, 1.807) is 18.2 Å². The molecule has 0 fully saturated rings. The van der Waals surface area contributed by atoms with Gasteiger partial charge in [-0.1, -0.05) is 6.07 Å². The summed E-state index contributed by atoms with van der Waals surface area (Å²) in [6.07, 6.45) is 0. The van der Waals surface area contributed by atoms with Crippen molar-refractivity contribution in [3.8, 4) is 5.40 Å². The van der Waals surface area contributed by atoms with Crippen molar-refractivity contribution >= 4 is 45.3 Å². The van der Waals surface area contributed by atoms with Gasteiger partial charge < -0.3 is 10.1 Å². The van der Waals surface area contributed by atoms with Gasteiger partial charge in [-0.2, -0.15) is 5.26 Å². The van der Waals surface area contributed by atoms with E-state index in [0.717, 1.165) is 22.7 Å². The first-order valence-corrected chi connectivity index (χ1v) is 8.18. The van der Waals surface area contributed by atoms with Gasteiger partial charge in [-0.25, -0.2) is 9.18 Å². The van der Waals surface area contributed by atoms with Gasteiger partial charge in [0.05, 0.1) is 11.3 Å². The Balaban J connectivity index is 1.92. The zero-order valence-electron chi connectivity index (χ0n) is 12.1. The molecule has 0 atom stereocenters. The Labute approximate surface area is 149 Å². The Bertz CT molecular complexity index is 823. The van der Waals surface area contributed by atoms with E-state index in [-0.39, 0.29) is 5.56 Å². The Hall–Kier alpha value is -2.37. The molecule has 1 amide bonds. The second-order valence-electron chi connectivity index (χ2n) is 4.47. The molecule has 0 spiro atoms. The van der Waals surface area contributed by atoms with Gasteiger partial charge in [-0.15, -0.1) is 0 Å². The average Bonchev–Trinajstić information content (AvgIpc) is 2.55. The number of thiocyanates is 1. The molecule has 0 aromatic heterocycles. The molecule has 8 heteroatoms. The van der Waals surface area contributed by atoms with E-state index in [2.05, 4.69) is 21.2 Å². The number of hydrogen-bond donors (Lipinski definition) is 1. The quantitative estimate of drug-likeness (QED) is 0.460. The van der Waals surface area contributed by atoms with E-state index in [1.165, 1.54) is 18.2 Å². The normalized spacial score (nSPS) is 9.88. The molecule has 0 unspecified atom stereocenters. The molecule has 2 aromatic carbocycles. The summed E-state index contributed by atoms with van der Waals surface area (Å²) in [6, 6.07) is 9.98. The SMILES string of the molecule is N#CSc1ccc(NC(=O)COC(=O)c2cccc(F)c2)c(Br)c1. The van der Waals surface area contributed by atoms with Crippen LogP contribution in [0.1, 0.15) is 10.4 Å². The van der Waals surface area contributed by atoms with E-state index in [0.29, 0.717) is 10.2 Å². The number of nitrogens with one attached hydrogen (secondary N) is 1. The number of amides is 1. The lowest BCUT2D eigenvalue weighted by Gasteiger charge is -2.09. The number of nitrogens with zero attached hydrogens (tertiary/aromatic N) is 1. The molecular formula is C16H10BrFN2O3S. The smallest absolute Gasteiger partial charge is 0.338 e. The lowest BCUT2D eigenvalue weighted by atomic mass is 10.2. The second kappa shape index (κ2) is 8.47. The molecule has 24 heavy (non-hydrogen) atoms. The van der Waals surface area contributed by atoms with Crippen LogP contribution in [0.25, 0.3) is 0 Å². The molecule has 5 nitrogen and oxygen atoms in total. The summed E-state index contributed by atoms with van der Waals surface area (Å²) in [6.45, 7) is -0.503. The van der Waals surface area contributed by atoms with Gasteiger partial charge in [-0.3, -0.25) is 4.79 Å². The number of benzene rings is 2. The Morgan fingerprint density at radius 3 is 2.75 bits per heavy atom. The first-order chi connectivity index (χ1) is 11.5. The van der Waals surface area contributed by atoms with Crippen molar-refractivity contribution in [3.05, 3.63) is 58.3 Å². The van der Waals surface area contributed by atoms with Crippen LogP contribution >= 0.6 is 27.7 Å². The van der Waals surface area contributed by atoms with E-state index in [9.17, 15) is 14.0 Å². The van der Waals surface area contributed by atoms with Gasteiger partial charge in [0.15, 0.2) is 6.61 Å². The van der Waals surface area contributed by atoms with Crippen LogP contribution in [-0.4, -0.2) is 18.5 Å². The lowest BCUT2D eigenvalue weighted by Crippen LogP contribution is -2.21. The topological polar surface area (TPSA) is 79.2 Å². The van der Waals surface area contributed by atoms with E-state index >= 15 is 0 Å². The van der Waals surface area contributed by atoms with Crippen molar-refractivity contribution < 1.29 is 18.7 Å². The summed E-state index contributed by atoms with van der Waals surface area (Å²) >= 11 is 4.28. The second-order valence-corrected chi connectivity index (χ2v) is 6.18. The van der Waals surface area contributed by atoms with E-state index in [4.69, 9.17) is 10.00 Å². The molecule has 0 radical (unpaired) electrons. The van der Waals surface area contributed by atoms with Gasteiger partial charge in [-0.05, 0) is 64.1 Å². The van der Waals surface area contributed by atoms with Crippen LogP contribution in [0.4, 0.5) is 10.1 Å². The number of thioether (sulfide) groups is 1. The standard InChI is InChI=1S/C16H10BrFN2O3S/c17-13-7-12(24-9-19)4-5-14(13)20-15(21)8-23-16(22)10-2-1-3-11(18)6-10/h1-7H,8H2,(H,20,21). The maximum atomic E-state index is 13.0. The average molecular weight is 409 g/mol. The minimum atomic E-state index is -0.788. The molecule has 0 heterocycles. The Morgan fingerprint density at radius 2 is 2.08 bits per heavy atom. The molecule has 2 aromatic rings. The maximum Gasteiger partial charge on any atom is 0.338 e. The van der Waals surface area contributed by atoms with Gasteiger partial charge in [0.25, 0.3) is 5.91 Å². The third-order valence-corrected chi connectivity index (χ3v) is 4.01. The fourth-order valence-electron chi connectivity index (χ4n) is 1.73. The van der Waals surface area contributed by atoms with Gasteiger partial charge in [0.1, 0.15) is 11.2 Å². The van der Waals surface area contributed by atoms with Crippen LogP contribution in [-0.2, 0) is 9.53 Å². The van der Waals surface area contributed by atoms with Gasteiger partial charge in [0, 0.05) is 9.37 Å². The number of carbonyl (C=O) groups is 2. The van der Waals surface area contributed by atoms with Crippen LogP contribution in [0.15, 0.2) is 51.8 Å². The minimum Gasteiger partial charge on any atom is -0.452 e. The zero-order chi connectivity index (χ0) is 17.5. The van der Waals surface area contributed by atoms with Crippen LogP contribution in [0, 0.1) is 16.5 Å². The van der Waals surface area contributed by atoms with Crippen molar-refractivity contribution in [2.75, 3.05) is 11.9 Å². The largest absolute Gasteiger partial charge is 0.452 e. The van der Waals surface area contributed by atoms with Crippen molar-refractivity contribution in [3.63, 3.8) is 0 Å². The highest BCUT2D eigenvalue weighted by Crippen LogP contribution is 2.28. The van der Waals surface area contributed by atoms with E-state index in [1.807, 2.05) is 5.40 Å². The van der Waals surface area contributed by atoms with Crippen molar-refractivity contribution in [2.24, 2.45) is 0 Å². The number of rotatable bonds is 5. The highest BCUT2D eigenvalue weighted by Gasteiger charge is 2.12. The summed E-state index contributed by atoms with van der Waals surface area (Å²) in [5, 5.41) is 13.1. The lowest BCUT2D eigenvalue weighted by molar-refractivity contribution is -0.119. The molecule has 0 aliphatic carbocycles. The first-order valence-electron chi connectivity index (χ1n) is 6.57. The highest BCUT2D eigenvalue weighted by atomic mass is 79.9. The molecule has 1 N–H and O–H groups in total. The number of ether oxygens (including phenoxy) is 1. The number of carbonyl (C=O) groups excluding carboxylic acids is 2. The number of nitriles is 1. The molecule has 2 rings (SSSR count). The molecule has 0 saturated carbocycles. The predicted octanol–water partition coefficient (Wildman–Crippen LogP) is 3.96. The predicted molar refractivity (Wildman–Crippen MR) is 90.9 cm³/mol. The molecular weight excluding hydrogens is 399 g/mol. The Kier molecular flexibility index (Phi) is 6.35. The van der Waals surface area contributed by atoms with Crippen LogP contribution in [0.5, 0.6) is 0 Å². The number of esters is 1. The van der Waals surface area contributed by atoms with Crippen LogP contribution in [0.2, 0.25) is 0 Å². The minimum absolute atomic E-state index is 0.0295. The number of halogens is 2. The molecule has 0 aliphatic rings. The van der Waals surface area contributed by atoms with Gasteiger partial charge >= 0.3 is 5.97 Å². The molecule has 0 aliphatic heterocycles. The third kappa shape index (κ3) is 5.08. The van der Waals surface area contributed by atoms with Gasteiger partial charge in [0.2, 0.25) is 0 Å². The van der Waals surface area contributed by atoms with Crippen molar-refractivity contribution in [1.29, 1.82) is 5.26 Å². The summed E-state index contributed by atoms with van der Waals surface area (Å²) < 4.78 is 18.5. The summed E-state index contributed by atoms with van der Waals surface area (Å²) in [7, 11) is 0. The summed E-state index contributed by atoms with van der Waals surface area (Å²) in [5.41, 5.74) is 0.506. The van der Waals surface area contributed by atoms with Crippen molar-refractivity contribution in [1.82, 2.24) is 0 Å². The Morgan fingerprint density at radius 1 is 1.29 bits per heavy atom. The van der Waals surface area contributed by atoms with E-state index < -0.39 is 24.3 Å². The highest BCUT2D eigenvalue weighted by molar-refractivity contribution is 9.10. The number of anilines is 1. The monoisotopic (exact) mass is 408 g/mol. The van der Waals surface area contributed by atoms with Crippen molar-refractivity contribution in [2.45, 2.75) is 4.90 Å².